The Hall–Kier alpha value is -3.13. The van der Waals surface area contributed by atoms with Gasteiger partial charge in [-0.2, -0.15) is 18.3 Å². The van der Waals surface area contributed by atoms with Crippen molar-refractivity contribution in [2.45, 2.75) is 40.0 Å². The number of hydrogen-bond acceptors (Lipinski definition) is 3. The highest BCUT2D eigenvalue weighted by molar-refractivity contribution is 5.95. The fourth-order valence-electron chi connectivity index (χ4n) is 3.41. The molecule has 0 spiro atoms. The Labute approximate surface area is 185 Å². The fourth-order valence-corrected chi connectivity index (χ4v) is 3.41. The fraction of sp³-hybridized carbons (Fsp3) is 0.333. The smallest absolute Gasteiger partial charge is 0.348 e. The van der Waals surface area contributed by atoms with Gasteiger partial charge < -0.3 is 5.32 Å². The van der Waals surface area contributed by atoms with Crippen LogP contribution in [0.15, 0.2) is 54.7 Å². The van der Waals surface area contributed by atoms with E-state index in [0.717, 1.165) is 47.2 Å². The zero-order valence-corrected chi connectivity index (χ0v) is 18.4. The maximum Gasteiger partial charge on any atom is 0.434 e. The Kier molecular flexibility index (Phi) is 7.35. The molecular formula is C24H27F3N4O. The number of halogens is 3. The van der Waals surface area contributed by atoms with Crippen molar-refractivity contribution in [1.29, 1.82) is 0 Å². The third kappa shape index (κ3) is 5.56. The lowest BCUT2D eigenvalue weighted by molar-refractivity contribution is -0.143. The minimum absolute atomic E-state index is 0.122. The first-order valence-corrected chi connectivity index (χ1v) is 10.5. The monoisotopic (exact) mass is 444 g/mol. The molecule has 170 valence electrons. The maximum absolute atomic E-state index is 13.8. The summed E-state index contributed by atoms with van der Waals surface area (Å²) in [7, 11) is 0. The van der Waals surface area contributed by atoms with E-state index in [0.29, 0.717) is 0 Å². The number of rotatable bonds is 8. The third-order valence-corrected chi connectivity index (χ3v) is 5.34. The van der Waals surface area contributed by atoms with Crippen molar-refractivity contribution in [3.05, 3.63) is 82.7 Å². The van der Waals surface area contributed by atoms with Gasteiger partial charge in [0.05, 0.1) is 17.4 Å². The molecule has 8 heteroatoms. The summed E-state index contributed by atoms with van der Waals surface area (Å²) in [6.07, 6.45) is -3.77. The minimum atomic E-state index is -4.74. The Morgan fingerprint density at radius 3 is 2.16 bits per heavy atom. The maximum atomic E-state index is 13.8. The van der Waals surface area contributed by atoms with Crippen LogP contribution in [0.1, 0.15) is 46.6 Å². The van der Waals surface area contributed by atoms with Gasteiger partial charge >= 0.3 is 6.18 Å². The number of aryl methyl sites for hydroxylation is 1. The summed E-state index contributed by atoms with van der Waals surface area (Å²) in [6.45, 7) is 8.89. The van der Waals surface area contributed by atoms with Gasteiger partial charge in [0, 0.05) is 13.1 Å². The molecular weight excluding hydrogens is 417 g/mol. The van der Waals surface area contributed by atoms with E-state index in [1.54, 1.807) is 24.3 Å². The summed E-state index contributed by atoms with van der Waals surface area (Å²) >= 11 is 0. The average molecular weight is 445 g/mol. The molecule has 1 aromatic heterocycles. The summed E-state index contributed by atoms with van der Waals surface area (Å²) in [5, 5.41) is 6.43. The Morgan fingerprint density at radius 1 is 1.00 bits per heavy atom. The molecule has 0 aliphatic rings. The van der Waals surface area contributed by atoms with Crippen LogP contribution in [0, 0.1) is 6.92 Å². The molecule has 0 aliphatic heterocycles. The molecule has 0 aliphatic carbocycles. The molecule has 1 heterocycles. The van der Waals surface area contributed by atoms with E-state index in [-0.39, 0.29) is 12.2 Å². The van der Waals surface area contributed by atoms with Crippen LogP contribution in [0.25, 0.3) is 5.69 Å². The summed E-state index contributed by atoms with van der Waals surface area (Å²) in [4.78, 5) is 14.9. The lowest BCUT2D eigenvalue weighted by atomic mass is 10.1. The Balaban J connectivity index is 1.75. The van der Waals surface area contributed by atoms with E-state index in [1.807, 2.05) is 31.2 Å². The van der Waals surface area contributed by atoms with E-state index in [4.69, 9.17) is 0 Å². The number of hydrogen-bond donors (Lipinski definition) is 1. The van der Waals surface area contributed by atoms with E-state index < -0.39 is 23.3 Å². The average Bonchev–Trinajstić information content (AvgIpc) is 3.23. The first-order chi connectivity index (χ1) is 15.2. The summed E-state index contributed by atoms with van der Waals surface area (Å²) in [5.74, 6) is -0.817. The molecule has 0 bridgehead atoms. The summed E-state index contributed by atoms with van der Waals surface area (Å²) in [6, 6.07) is 14.2. The van der Waals surface area contributed by atoms with E-state index in [2.05, 4.69) is 29.2 Å². The number of aromatic nitrogens is 2. The number of nitrogens with one attached hydrogen (secondary N) is 1. The highest BCUT2D eigenvalue weighted by Crippen LogP contribution is 2.33. The number of alkyl halides is 3. The quantitative estimate of drug-likeness (QED) is 0.534. The third-order valence-electron chi connectivity index (χ3n) is 5.34. The molecule has 0 radical (unpaired) electrons. The molecule has 32 heavy (non-hydrogen) atoms. The number of carbonyl (C=O) groups is 1. The minimum Gasteiger partial charge on any atom is -0.348 e. The number of benzene rings is 2. The van der Waals surface area contributed by atoms with Crippen molar-refractivity contribution in [1.82, 2.24) is 20.0 Å². The molecule has 0 atom stereocenters. The molecule has 3 rings (SSSR count). The van der Waals surface area contributed by atoms with Gasteiger partial charge in [-0.25, -0.2) is 4.68 Å². The Bertz CT molecular complexity index is 1040. The van der Waals surface area contributed by atoms with Crippen LogP contribution in [-0.2, 0) is 19.3 Å². The molecule has 1 N–H and O–H groups in total. The molecule has 5 nitrogen and oxygen atoms in total. The molecule has 0 fully saturated rings. The van der Waals surface area contributed by atoms with E-state index in [1.165, 1.54) is 0 Å². The molecule has 1 amide bonds. The first kappa shape index (κ1) is 23.5. The SMILES string of the molecule is CCN(CC)Cc1ccc(CNC(=O)c2cnn(-c3ccc(C)cc3)c2C(F)(F)F)cc1. The van der Waals surface area contributed by atoms with E-state index >= 15 is 0 Å². The van der Waals surface area contributed by atoms with Crippen molar-refractivity contribution in [2.75, 3.05) is 13.1 Å². The summed E-state index contributed by atoms with van der Waals surface area (Å²) < 4.78 is 42.1. The van der Waals surface area contributed by atoms with Crippen LogP contribution in [0.2, 0.25) is 0 Å². The highest BCUT2D eigenvalue weighted by Gasteiger charge is 2.40. The van der Waals surface area contributed by atoms with Crippen molar-refractivity contribution in [3.63, 3.8) is 0 Å². The first-order valence-electron chi connectivity index (χ1n) is 10.5. The Morgan fingerprint density at radius 2 is 1.59 bits per heavy atom. The second kappa shape index (κ2) is 9.99. The number of nitrogens with zero attached hydrogens (tertiary/aromatic N) is 3. The van der Waals surface area contributed by atoms with Crippen molar-refractivity contribution in [3.8, 4) is 5.69 Å². The predicted octanol–water partition coefficient (Wildman–Crippen LogP) is 4.97. The second-order valence-corrected chi connectivity index (χ2v) is 7.61. The van der Waals surface area contributed by atoms with Gasteiger partial charge in [0.2, 0.25) is 0 Å². The standard InChI is InChI=1S/C24H27F3N4O/c1-4-30(5-2)16-19-10-8-18(9-11-19)14-28-23(32)21-15-29-31(22(21)24(25,26)27)20-12-6-17(3)7-13-20/h6-13,15H,4-5,14,16H2,1-3H3,(H,28,32). The van der Waals surface area contributed by atoms with Crippen LogP contribution < -0.4 is 5.32 Å². The van der Waals surface area contributed by atoms with Gasteiger partial charge in [-0.3, -0.25) is 9.69 Å². The highest BCUT2D eigenvalue weighted by atomic mass is 19.4. The van der Waals surface area contributed by atoms with Crippen molar-refractivity contribution < 1.29 is 18.0 Å². The van der Waals surface area contributed by atoms with E-state index in [9.17, 15) is 18.0 Å². The molecule has 3 aromatic rings. The van der Waals surface area contributed by atoms with Gasteiger partial charge in [-0.15, -0.1) is 0 Å². The topological polar surface area (TPSA) is 50.2 Å². The molecule has 0 saturated heterocycles. The number of carbonyl (C=O) groups excluding carboxylic acids is 1. The van der Waals surface area contributed by atoms with Crippen molar-refractivity contribution >= 4 is 5.91 Å². The zero-order valence-electron chi connectivity index (χ0n) is 18.4. The van der Waals surface area contributed by atoms with Gasteiger partial charge in [-0.1, -0.05) is 55.8 Å². The van der Waals surface area contributed by atoms with Crippen molar-refractivity contribution in [2.24, 2.45) is 0 Å². The summed E-state index contributed by atoms with van der Waals surface area (Å²) in [5.41, 5.74) is 1.51. The number of amides is 1. The van der Waals surface area contributed by atoms with Crippen LogP contribution in [0.4, 0.5) is 13.2 Å². The zero-order chi connectivity index (χ0) is 23.3. The van der Waals surface area contributed by atoms with Gasteiger partial charge in [0.25, 0.3) is 5.91 Å². The van der Waals surface area contributed by atoms with Gasteiger partial charge in [0.1, 0.15) is 0 Å². The molecule has 0 saturated carbocycles. The molecule has 0 unspecified atom stereocenters. The van der Waals surface area contributed by atoms with Crippen LogP contribution in [0.5, 0.6) is 0 Å². The van der Waals surface area contributed by atoms with Gasteiger partial charge in [-0.05, 0) is 43.3 Å². The van der Waals surface area contributed by atoms with Crippen LogP contribution in [-0.4, -0.2) is 33.7 Å². The predicted molar refractivity (Wildman–Crippen MR) is 118 cm³/mol. The molecule has 2 aromatic carbocycles. The normalized spacial score (nSPS) is 11.7. The lowest BCUT2D eigenvalue weighted by Gasteiger charge is -2.18. The van der Waals surface area contributed by atoms with Crippen LogP contribution in [0.3, 0.4) is 0 Å². The largest absolute Gasteiger partial charge is 0.434 e. The second-order valence-electron chi connectivity index (χ2n) is 7.61. The lowest BCUT2D eigenvalue weighted by Crippen LogP contribution is -2.26. The van der Waals surface area contributed by atoms with Crippen LogP contribution >= 0.6 is 0 Å². The van der Waals surface area contributed by atoms with Gasteiger partial charge in [0.15, 0.2) is 5.69 Å².